The molecule has 0 saturated carbocycles. The second-order valence-corrected chi connectivity index (χ2v) is 8.23. The molecule has 10 nitrogen and oxygen atoms in total. The summed E-state index contributed by atoms with van der Waals surface area (Å²) in [4.78, 5) is 46.8. The van der Waals surface area contributed by atoms with Crippen LogP contribution < -0.4 is 11.1 Å². The van der Waals surface area contributed by atoms with Crippen LogP contribution >= 0.6 is 23.1 Å². The van der Waals surface area contributed by atoms with Crippen molar-refractivity contribution in [2.24, 2.45) is 5.16 Å². The van der Waals surface area contributed by atoms with Crippen molar-refractivity contribution in [1.29, 1.82) is 0 Å². The third-order valence-electron chi connectivity index (χ3n) is 3.88. The quantitative estimate of drug-likeness (QED) is 0.188. The molecule has 1 aromatic heterocycles. The summed E-state index contributed by atoms with van der Waals surface area (Å²) in [5.41, 5.74) is 5.61. The van der Waals surface area contributed by atoms with Crippen LogP contribution in [0.5, 0.6) is 0 Å². The third-order valence-corrected chi connectivity index (χ3v) is 5.88. The summed E-state index contributed by atoms with van der Waals surface area (Å²) in [5, 5.41) is 16.8. The number of nitrogens with zero attached hydrogens (tertiary/aromatic N) is 3. The molecular weight excluding hydrogens is 406 g/mol. The number of fused-ring (bicyclic) bond motifs is 1. The van der Waals surface area contributed by atoms with E-state index < -0.39 is 29.2 Å². The van der Waals surface area contributed by atoms with Crippen LogP contribution in [0, 0.1) is 0 Å². The molecule has 3 rings (SSSR count). The maximum atomic E-state index is 12.7. The summed E-state index contributed by atoms with van der Waals surface area (Å²) in [7, 11) is 0. The maximum Gasteiger partial charge on any atom is 0.352 e. The van der Waals surface area contributed by atoms with Crippen molar-refractivity contribution >= 4 is 51.7 Å². The molecule has 0 radical (unpaired) electrons. The van der Waals surface area contributed by atoms with Gasteiger partial charge in [0.25, 0.3) is 11.8 Å². The van der Waals surface area contributed by atoms with Gasteiger partial charge in [0.2, 0.25) is 0 Å². The minimum atomic E-state index is -1.19. The SMILES string of the molecule is C=CCON=C(C(=O)NC1C(=O)N2C(C(=O)O)=CC(C)S[C@@H]12)c1csc(N)n1. The van der Waals surface area contributed by atoms with Gasteiger partial charge in [0.05, 0.1) is 0 Å². The molecule has 4 N–H and O–H groups in total. The van der Waals surface area contributed by atoms with Gasteiger partial charge in [-0.3, -0.25) is 14.5 Å². The summed E-state index contributed by atoms with van der Waals surface area (Å²) >= 11 is 2.51. The number of carboxylic acid groups (broad SMARTS) is 1. The number of hydrogen-bond donors (Lipinski definition) is 3. The average molecular weight is 423 g/mol. The van der Waals surface area contributed by atoms with Crippen LogP contribution in [0.1, 0.15) is 12.6 Å². The Morgan fingerprint density at radius 1 is 1.57 bits per heavy atom. The number of oxime groups is 1. The molecule has 0 aromatic carbocycles. The first-order valence-electron chi connectivity index (χ1n) is 8.10. The average Bonchev–Trinajstić information content (AvgIpc) is 3.08. The van der Waals surface area contributed by atoms with E-state index in [4.69, 9.17) is 10.6 Å². The smallest absolute Gasteiger partial charge is 0.352 e. The lowest BCUT2D eigenvalue weighted by Crippen LogP contribution is -2.71. The first kappa shape index (κ1) is 19.9. The second kappa shape index (κ2) is 8.02. The van der Waals surface area contributed by atoms with E-state index in [0.29, 0.717) is 0 Å². The van der Waals surface area contributed by atoms with Crippen LogP contribution in [0.3, 0.4) is 0 Å². The Morgan fingerprint density at radius 3 is 2.93 bits per heavy atom. The Kier molecular flexibility index (Phi) is 5.70. The highest BCUT2D eigenvalue weighted by Crippen LogP contribution is 2.40. The van der Waals surface area contributed by atoms with Crippen LogP contribution in [0.25, 0.3) is 0 Å². The number of aromatic nitrogens is 1. The maximum absolute atomic E-state index is 12.7. The predicted octanol–water partition coefficient (Wildman–Crippen LogP) is 0.389. The summed E-state index contributed by atoms with van der Waals surface area (Å²) in [6.45, 7) is 5.40. The molecule has 28 heavy (non-hydrogen) atoms. The molecule has 2 aliphatic rings. The highest BCUT2D eigenvalue weighted by Gasteiger charge is 2.54. The molecule has 0 aliphatic carbocycles. The Labute approximate surface area is 168 Å². The summed E-state index contributed by atoms with van der Waals surface area (Å²) in [5.74, 6) is -2.36. The number of thioether (sulfide) groups is 1. The normalized spacial score (nSPS) is 24.0. The largest absolute Gasteiger partial charge is 0.477 e. The van der Waals surface area contributed by atoms with Gasteiger partial charge >= 0.3 is 5.97 Å². The number of β-lactam (4-membered cyclic amide) rings is 1. The van der Waals surface area contributed by atoms with Crippen molar-refractivity contribution in [3.8, 4) is 0 Å². The van der Waals surface area contributed by atoms with E-state index in [2.05, 4.69) is 22.0 Å². The lowest BCUT2D eigenvalue weighted by Gasteiger charge is -2.49. The zero-order chi connectivity index (χ0) is 20.4. The van der Waals surface area contributed by atoms with Crippen LogP contribution in [0.2, 0.25) is 0 Å². The molecule has 1 saturated heterocycles. The Morgan fingerprint density at radius 2 is 2.32 bits per heavy atom. The van der Waals surface area contributed by atoms with Crippen LogP contribution in [0.15, 0.2) is 35.0 Å². The fourth-order valence-electron chi connectivity index (χ4n) is 2.69. The molecule has 3 atom stereocenters. The van der Waals surface area contributed by atoms with Crippen LogP contribution in [-0.2, 0) is 19.2 Å². The number of carboxylic acids is 1. The summed E-state index contributed by atoms with van der Waals surface area (Å²) < 4.78 is 0. The first-order chi connectivity index (χ1) is 13.3. The molecule has 148 valence electrons. The third kappa shape index (κ3) is 3.73. The molecular formula is C16H17N5O5S2. The topological polar surface area (TPSA) is 147 Å². The van der Waals surface area contributed by atoms with Gasteiger partial charge in [-0.1, -0.05) is 17.8 Å². The second-order valence-electron chi connectivity index (χ2n) is 5.84. The van der Waals surface area contributed by atoms with Gasteiger partial charge in [-0.25, -0.2) is 9.78 Å². The number of nitrogens with one attached hydrogen (secondary N) is 1. The highest BCUT2D eigenvalue weighted by molar-refractivity contribution is 8.00. The number of aliphatic carboxylic acids is 1. The lowest BCUT2D eigenvalue weighted by molar-refractivity contribution is -0.150. The van der Waals surface area contributed by atoms with Gasteiger partial charge in [-0.05, 0) is 13.0 Å². The highest BCUT2D eigenvalue weighted by atomic mass is 32.2. The zero-order valence-electron chi connectivity index (χ0n) is 14.7. The van der Waals surface area contributed by atoms with E-state index in [9.17, 15) is 19.5 Å². The molecule has 0 bridgehead atoms. The molecule has 2 amide bonds. The molecule has 2 unspecified atom stereocenters. The van der Waals surface area contributed by atoms with Crippen molar-refractivity contribution in [3.05, 3.63) is 35.5 Å². The number of thiazole rings is 1. The molecule has 2 aliphatic heterocycles. The van der Waals surface area contributed by atoms with E-state index in [1.165, 1.54) is 28.8 Å². The van der Waals surface area contributed by atoms with Crippen molar-refractivity contribution in [2.45, 2.75) is 23.6 Å². The van der Waals surface area contributed by atoms with E-state index in [0.717, 1.165) is 11.3 Å². The molecule has 12 heteroatoms. The summed E-state index contributed by atoms with van der Waals surface area (Å²) in [6.07, 6.45) is 2.97. The van der Waals surface area contributed by atoms with Gasteiger partial charge in [-0.15, -0.1) is 23.1 Å². The molecule has 1 aromatic rings. The predicted molar refractivity (Wildman–Crippen MR) is 105 cm³/mol. The van der Waals surface area contributed by atoms with Gasteiger partial charge in [0.15, 0.2) is 10.8 Å². The fourth-order valence-corrected chi connectivity index (χ4v) is 4.57. The van der Waals surface area contributed by atoms with E-state index >= 15 is 0 Å². The van der Waals surface area contributed by atoms with Crippen molar-refractivity contribution < 1.29 is 24.3 Å². The molecule has 3 heterocycles. The molecule has 1 fully saturated rings. The van der Waals surface area contributed by atoms with E-state index in [1.807, 2.05) is 6.92 Å². The summed E-state index contributed by atoms with van der Waals surface area (Å²) in [6, 6.07) is -0.886. The van der Waals surface area contributed by atoms with Gasteiger partial charge in [0.1, 0.15) is 29.4 Å². The number of carbonyl (C=O) groups excluding carboxylic acids is 2. The number of anilines is 1. The van der Waals surface area contributed by atoms with Crippen LogP contribution in [0.4, 0.5) is 5.13 Å². The molecule has 0 spiro atoms. The minimum absolute atomic E-state index is 0.0787. The van der Waals surface area contributed by atoms with Gasteiger partial charge in [-0.2, -0.15) is 0 Å². The monoisotopic (exact) mass is 423 g/mol. The first-order valence-corrected chi connectivity index (χ1v) is 9.92. The van der Waals surface area contributed by atoms with Crippen LogP contribution in [-0.4, -0.2) is 61.8 Å². The minimum Gasteiger partial charge on any atom is -0.477 e. The fraction of sp³-hybridized carbons (Fsp3) is 0.312. The van der Waals surface area contributed by atoms with E-state index in [-0.39, 0.29) is 34.1 Å². The Bertz CT molecular complexity index is 896. The van der Waals surface area contributed by atoms with Crippen molar-refractivity contribution in [2.75, 3.05) is 12.3 Å². The van der Waals surface area contributed by atoms with Gasteiger partial charge < -0.3 is 21.0 Å². The zero-order valence-corrected chi connectivity index (χ0v) is 16.3. The number of rotatable bonds is 7. The number of nitrogens with two attached hydrogens (primary N) is 1. The number of nitrogen functional groups attached to an aromatic ring is 1. The lowest BCUT2D eigenvalue weighted by atomic mass is 10.0. The number of amides is 2. The Hall–Kier alpha value is -2.86. The number of hydrogen-bond acceptors (Lipinski definition) is 9. The van der Waals surface area contributed by atoms with Crippen molar-refractivity contribution in [3.63, 3.8) is 0 Å². The standard InChI is InChI=1S/C16H17N5O5S2/c1-3-4-26-20-10(8-6-27-16(17)18-8)12(22)19-11-13(23)21-9(15(24)25)5-7(2)28-14(11)21/h3,5-7,11,14H,1,4H2,2H3,(H2,17,18)(H,19,22)(H,24,25)/t7?,11?,14-/m0/s1. The Balaban J connectivity index is 1.78. The van der Waals surface area contributed by atoms with Crippen molar-refractivity contribution in [1.82, 2.24) is 15.2 Å². The van der Waals surface area contributed by atoms with Gasteiger partial charge in [0, 0.05) is 10.6 Å². The number of carbonyl (C=O) groups is 3. The van der Waals surface area contributed by atoms with E-state index in [1.54, 1.807) is 5.38 Å².